The predicted molar refractivity (Wildman–Crippen MR) is 68.5 cm³/mol. The summed E-state index contributed by atoms with van der Waals surface area (Å²) in [5.41, 5.74) is 6.53. The Morgan fingerprint density at radius 1 is 1.59 bits per heavy atom. The fraction of sp³-hybridized carbons (Fsp3) is 0.417. The summed E-state index contributed by atoms with van der Waals surface area (Å²) < 4.78 is 5.56. The zero-order chi connectivity index (χ0) is 11.5. The largest absolute Gasteiger partial charge is 0.480 e. The van der Waals surface area contributed by atoms with E-state index in [0.717, 1.165) is 11.3 Å². The SMILES string of the molecule is C[C@H](CN)NC(=O)C1Cc2ccccc2O1.Cl. The second kappa shape index (κ2) is 5.89. The molecular weight excluding hydrogens is 240 g/mol. The van der Waals surface area contributed by atoms with Crippen LogP contribution in [0.2, 0.25) is 0 Å². The number of carbonyl (C=O) groups excluding carboxylic acids is 1. The first-order valence-electron chi connectivity index (χ1n) is 5.45. The topological polar surface area (TPSA) is 64.3 Å². The first kappa shape index (κ1) is 13.8. The van der Waals surface area contributed by atoms with Gasteiger partial charge < -0.3 is 15.8 Å². The molecule has 1 aromatic rings. The Kier molecular flexibility index (Phi) is 4.78. The lowest BCUT2D eigenvalue weighted by Crippen LogP contribution is -2.44. The van der Waals surface area contributed by atoms with Gasteiger partial charge in [-0.2, -0.15) is 0 Å². The Labute approximate surface area is 107 Å². The number of rotatable bonds is 3. The van der Waals surface area contributed by atoms with Crippen LogP contribution in [0.5, 0.6) is 5.75 Å². The summed E-state index contributed by atoms with van der Waals surface area (Å²) in [5, 5.41) is 2.82. The summed E-state index contributed by atoms with van der Waals surface area (Å²) >= 11 is 0. The normalized spacial score (nSPS) is 18.6. The van der Waals surface area contributed by atoms with Gasteiger partial charge in [-0.25, -0.2) is 0 Å². The maximum Gasteiger partial charge on any atom is 0.261 e. The number of hydrogen-bond donors (Lipinski definition) is 2. The molecule has 1 aliphatic rings. The van der Waals surface area contributed by atoms with E-state index in [0.29, 0.717) is 13.0 Å². The number of carbonyl (C=O) groups is 1. The van der Waals surface area contributed by atoms with Gasteiger partial charge in [0.25, 0.3) is 5.91 Å². The zero-order valence-corrected chi connectivity index (χ0v) is 10.5. The van der Waals surface area contributed by atoms with Crippen LogP contribution in [0.1, 0.15) is 12.5 Å². The van der Waals surface area contributed by atoms with Crippen molar-refractivity contribution in [2.75, 3.05) is 6.54 Å². The van der Waals surface area contributed by atoms with Crippen LogP contribution in [0.15, 0.2) is 24.3 Å². The van der Waals surface area contributed by atoms with Gasteiger partial charge in [0.15, 0.2) is 6.10 Å². The maximum absolute atomic E-state index is 11.8. The molecule has 1 unspecified atom stereocenters. The van der Waals surface area contributed by atoms with Crippen molar-refractivity contribution >= 4 is 18.3 Å². The van der Waals surface area contributed by atoms with Gasteiger partial charge in [0.1, 0.15) is 5.75 Å². The second-order valence-electron chi connectivity index (χ2n) is 4.06. The highest BCUT2D eigenvalue weighted by molar-refractivity contribution is 5.85. The smallest absolute Gasteiger partial charge is 0.261 e. The minimum atomic E-state index is -0.411. The molecular formula is C12H17ClN2O2. The number of nitrogens with one attached hydrogen (secondary N) is 1. The minimum absolute atomic E-state index is 0. The van der Waals surface area contributed by atoms with Crippen LogP contribution in [0.4, 0.5) is 0 Å². The first-order chi connectivity index (χ1) is 7.70. The fourth-order valence-electron chi connectivity index (χ4n) is 1.72. The quantitative estimate of drug-likeness (QED) is 0.844. The van der Waals surface area contributed by atoms with Crippen LogP contribution in [0.25, 0.3) is 0 Å². The van der Waals surface area contributed by atoms with E-state index < -0.39 is 6.10 Å². The number of benzene rings is 1. The molecule has 2 rings (SSSR count). The molecule has 17 heavy (non-hydrogen) atoms. The second-order valence-corrected chi connectivity index (χ2v) is 4.06. The first-order valence-corrected chi connectivity index (χ1v) is 5.45. The van der Waals surface area contributed by atoms with Gasteiger partial charge in [-0.05, 0) is 18.6 Å². The van der Waals surface area contributed by atoms with Crippen LogP contribution >= 0.6 is 12.4 Å². The highest BCUT2D eigenvalue weighted by Crippen LogP contribution is 2.28. The van der Waals surface area contributed by atoms with Crippen molar-refractivity contribution in [1.29, 1.82) is 0 Å². The van der Waals surface area contributed by atoms with Crippen molar-refractivity contribution < 1.29 is 9.53 Å². The average molecular weight is 257 g/mol. The monoisotopic (exact) mass is 256 g/mol. The summed E-state index contributed by atoms with van der Waals surface area (Å²) in [5.74, 6) is 0.720. The van der Waals surface area contributed by atoms with E-state index in [1.165, 1.54) is 0 Å². The van der Waals surface area contributed by atoms with E-state index in [1.54, 1.807) is 0 Å². The summed E-state index contributed by atoms with van der Waals surface area (Å²) in [6, 6.07) is 7.70. The molecule has 0 saturated carbocycles. The van der Waals surface area contributed by atoms with Crippen molar-refractivity contribution in [3.63, 3.8) is 0 Å². The van der Waals surface area contributed by atoms with Gasteiger partial charge in [-0.15, -0.1) is 12.4 Å². The molecule has 5 heteroatoms. The lowest BCUT2D eigenvalue weighted by atomic mass is 10.1. The van der Waals surface area contributed by atoms with E-state index in [4.69, 9.17) is 10.5 Å². The molecule has 1 heterocycles. The molecule has 1 aliphatic heterocycles. The third kappa shape index (κ3) is 3.11. The molecule has 1 aromatic carbocycles. The van der Waals surface area contributed by atoms with Gasteiger partial charge in [0.05, 0.1) is 0 Å². The van der Waals surface area contributed by atoms with Crippen LogP contribution in [-0.4, -0.2) is 24.6 Å². The van der Waals surface area contributed by atoms with Gasteiger partial charge >= 0.3 is 0 Å². The average Bonchev–Trinajstić information content (AvgIpc) is 2.72. The molecule has 2 atom stereocenters. The lowest BCUT2D eigenvalue weighted by molar-refractivity contribution is -0.127. The van der Waals surface area contributed by atoms with Crippen molar-refractivity contribution in [3.8, 4) is 5.75 Å². The van der Waals surface area contributed by atoms with Crippen LogP contribution in [0.3, 0.4) is 0 Å². The number of nitrogens with two attached hydrogens (primary N) is 1. The molecule has 1 amide bonds. The molecule has 0 fully saturated rings. The Bertz CT molecular complexity index is 373. The number of fused-ring (bicyclic) bond motifs is 1. The van der Waals surface area contributed by atoms with Crippen molar-refractivity contribution in [2.24, 2.45) is 5.73 Å². The summed E-state index contributed by atoms with van der Waals surface area (Å²) in [7, 11) is 0. The number of hydrogen-bond acceptors (Lipinski definition) is 3. The number of halogens is 1. The standard InChI is InChI=1S/C12H16N2O2.ClH/c1-8(7-13)14-12(15)11-6-9-4-2-3-5-10(9)16-11;/h2-5,8,11H,6-7,13H2,1H3,(H,14,15);1H/t8-,11?;/m1./s1. The molecule has 0 radical (unpaired) electrons. The van der Waals surface area contributed by atoms with Crippen molar-refractivity contribution in [1.82, 2.24) is 5.32 Å². The molecule has 3 N–H and O–H groups in total. The minimum Gasteiger partial charge on any atom is -0.480 e. The van der Waals surface area contributed by atoms with Crippen molar-refractivity contribution in [2.45, 2.75) is 25.5 Å². The molecule has 0 aliphatic carbocycles. The number of ether oxygens (including phenoxy) is 1. The summed E-state index contributed by atoms with van der Waals surface area (Å²) in [6.07, 6.45) is 0.227. The van der Waals surface area contributed by atoms with E-state index in [9.17, 15) is 4.79 Å². The molecule has 0 bridgehead atoms. The highest BCUT2D eigenvalue weighted by atomic mass is 35.5. The zero-order valence-electron chi connectivity index (χ0n) is 9.68. The van der Waals surface area contributed by atoms with Gasteiger partial charge in [-0.1, -0.05) is 18.2 Å². The van der Waals surface area contributed by atoms with Gasteiger partial charge in [0.2, 0.25) is 0 Å². The van der Waals surface area contributed by atoms with Crippen LogP contribution in [-0.2, 0) is 11.2 Å². The summed E-state index contributed by atoms with van der Waals surface area (Å²) in [6.45, 7) is 2.31. The third-order valence-electron chi connectivity index (χ3n) is 2.68. The van der Waals surface area contributed by atoms with E-state index in [-0.39, 0.29) is 24.4 Å². The van der Waals surface area contributed by atoms with E-state index in [2.05, 4.69) is 5.32 Å². The molecule has 94 valence electrons. The third-order valence-corrected chi connectivity index (χ3v) is 2.68. The van der Waals surface area contributed by atoms with Crippen LogP contribution in [0, 0.1) is 0 Å². The Balaban J connectivity index is 0.00000144. The molecule has 0 saturated heterocycles. The Morgan fingerprint density at radius 2 is 2.29 bits per heavy atom. The highest BCUT2D eigenvalue weighted by Gasteiger charge is 2.29. The van der Waals surface area contributed by atoms with Crippen molar-refractivity contribution in [3.05, 3.63) is 29.8 Å². The van der Waals surface area contributed by atoms with E-state index >= 15 is 0 Å². The lowest BCUT2D eigenvalue weighted by Gasteiger charge is -2.15. The fourth-order valence-corrected chi connectivity index (χ4v) is 1.72. The molecule has 0 spiro atoms. The van der Waals surface area contributed by atoms with Crippen LogP contribution < -0.4 is 15.8 Å². The van der Waals surface area contributed by atoms with Gasteiger partial charge in [0, 0.05) is 19.0 Å². The maximum atomic E-state index is 11.8. The summed E-state index contributed by atoms with van der Waals surface area (Å²) in [4.78, 5) is 11.8. The van der Waals surface area contributed by atoms with E-state index in [1.807, 2.05) is 31.2 Å². The number of amides is 1. The number of para-hydroxylation sites is 1. The van der Waals surface area contributed by atoms with Gasteiger partial charge in [-0.3, -0.25) is 4.79 Å². The predicted octanol–water partition coefficient (Wildman–Crippen LogP) is 0.875. The molecule has 4 nitrogen and oxygen atoms in total. The Morgan fingerprint density at radius 3 is 2.94 bits per heavy atom. The molecule has 0 aromatic heterocycles. The Hall–Kier alpha value is -1.26.